The fourth-order valence-corrected chi connectivity index (χ4v) is 1.50. The number of nitrogens with two attached hydrogens (primary N) is 1. The van der Waals surface area contributed by atoms with Crippen LogP contribution in [-0.4, -0.2) is 16.9 Å². The zero-order valence-electron chi connectivity index (χ0n) is 7.40. The summed E-state index contributed by atoms with van der Waals surface area (Å²) in [6, 6.07) is 1.53. The lowest BCUT2D eigenvalue weighted by atomic mass is 10.2. The summed E-state index contributed by atoms with van der Waals surface area (Å²) in [4.78, 5) is 11.9. The van der Waals surface area contributed by atoms with Gasteiger partial charge in [-0.1, -0.05) is 0 Å². The topological polar surface area (TPSA) is 65.2 Å². The van der Waals surface area contributed by atoms with Gasteiger partial charge in [-0.3, -0.25) is 4.79 Å². The molecule has 1 aromatic heterocycles. The lowest BCUT2D eigenvalue weighted by Gasteiger charge is -2.07. The molecule has 0 aliphatic carbocycles. The van der Waals surface area contributed by atoms with Gasteiger partial charge in [-0.2, -0.15) is 0 Å². The quantitative estimate of drug-likeness (QED) is 0.739. The van der Waals surface area contributed by atoms with Gasteiger partial charge in [0, 0.05) is 11.1 Å². The molecule has 0 saturated carbocycles. The summed E-state index contributed by atoms with van der Waals surface area (Å²) in [5.74, 6) is -0.261. The minimum atomic E-state index is -0.286. The molecule has 0 fully saturated rings. The molecule has 0 amide bonds. The first-order valence-electron chi connectivity index (χ1n) is 4.05. The Morgan fingerprint density at radius 1 is 1.85 bits per heavy atom. The second-order valence-corrected chi connectivity index (χ2v) is 3.40. The van der Waals surface area contributed by atoms with Gasteiger partial charge < -0.3 is 10.5 Å². The molecule has 0 spiro atoms. The number of carbonyl (C=O) groups excluding carboxylic acids is 1. The third kappa shape index (κ3) is 3.12. The molecule has 0 radical (unpaired) electrons. The minimum absolute atomic E-state index is 0.218. The summed E-state index contributed by atoms with van der Waals surface area (Å²) < 4.78 is 8.68. The van der Waals surface area contributed by atoms with Crippen molar-refractivity contribution in [2.75, 3.05) is 6.61 Å². The smallest absolute Gasteiger partial charge is 0.307 e. The van der Waals surface area contributed by atoms with Gasteiger partial charge in [0.05, 0.1) is 19.1 Å². The Balaban J connectivity index is 2.42. The molecule has 0 aromatic carbocycles. The summed E-state index contributed by atoms with van der Waals surface area (Å²) in [5, 5.41) is 0. The Kier molecular flexibility index (Phi) is 3.85. The molecular weight excluding hydrogens is 188 g/mol. The number of hydrogen-bond donors (Lipinski definition) is 1. The van der Waals surface area contributed by atoms with Gasteiger partial charge in [-0.05, 0) is 24.5 Å². The highest BCUT2D eigenvalue weighted by atomic mass is 32.1. The van der Waals surface area contributed by atoms with Crippen LogP contribution in [0.4, 0.5) is 0 Å². The van der Waals surface area contributed by atoms with Crippen LogP contribution in [0.1, 0.15) is 24.3 Å². The van der Waals surface area contributed by atoms with E-state index in [1.807, 2.05) is 6.07 Å². The van der Waals surface area contributed by atoms with Crippen LogP contribution >= 0.6 is 11.5 Å². The van der Waals surface area contributed by atoms with Crippen molar-refractivity contribution in [3.63, 3.8) is 0 Å². The van der Waals surface area contributed by atoms with Crippen molar-refractivity contribution >= 4 is 17.5 Å². The van der Waals surface area contributed by atoms with Crippen LogP contribution < -0.4 is 5.73 Å². The van der Waals surface area contributed by atoms with Crippen LogP contribution in [0.3, 0.4) is 0 Å². The van der Waals surface area contributed by atoms with Gasteiger partial charge in [0.25, 0.3) is 0 Å². The van der Waals surface area contributed by atoms with E-state index in [9.17, 15) is 4.79 Å². The first-order valence-corrected chi connectivity index (χ1v) is 4.83. The van der Waals surface area contributed by atoms with Crippen LogP contribution in [0.5, 0.6) is 0 Å². The predicted octanol–water partition coefficient (Wildman–Crippen LogP) is 1.10. The minimum Gasteiger partial charge on any atom is -0.466 e. The number of nitrogens with zero attached hydrogens (tertiary/aromatic N) is 1. The molecule has 13 heavy (non-hydrogen) atoms. The highest BCUT2D eigenvalue weighted by Crippen LogP contribution is 2.17. The maximum absolute atomic E-state index is 11.0. The van der Waals surface area contributed by atoms with E-state index >= 15 is 0 Å². The third-order valence-corrected chi connectivity index (χ3v) is 2.39. The van der Waals surface area contributed by atoms with Gasteiger partial charge in [0.2, 0.25) is 0 Å². The summed E-state index contributed by atoms with van der Waals surface area (Å²) in [5.41, 5.74) is 5.74. The number of aromatic nitrogens is 1. The zero-order chi connectivity index (χ0) is 9.68. The van der Waals surface area contributed by atoms with E-state index in [-0.39, 0.29) is 18.4 Å². The molecule has 2 N–H and O–H groups in total. The van der Waals surface area contributed by atoms with Gasteiger partial charge in [0.1, 0.15) is 0 Å². The van der Waals surface area contributed by atoms with Gasteiger partial charge in [-0.15, -0.1) is 0 Å². The number of rotatable bonds is 4. The molecule has 0 aliphatic heterocycles. The van der Waals surface area contributed by atoms with Crippen molar-refractivity contribution in [2.45, 2.75) is 19.4 Å². The Morgan fingerprint density at radius 3 is 3.15 bits per heavy atom. The van der Waals surface area contributed by atoms with Crippen LogP contribution in [0, 0.1) is 0 Å². The van der Waals surface area contributed by atoms with E-state index in [2.05, 4.69) is 4.37 Å². The lowest BCUT2D eigenvalue weighted by Crippen LogP contribution is -2.16. The molecule has 0 unspecified atom stereocenters. The number of hydrogen-bond acceptors (Lipinski definition) is 5. The van der Waals surface area contributed by atoms with Crippen molar-refractivity contribution in [1.29, 1.82) is 0 Å². The monoisotopic (exact) mass is 200 g/mol. The third-order valence-electron chi connectivity index (χ3n) is 1.52. The Labute approximate surface area is 80.9 Å². The second kappa shape index (κ2) is 4.94. The van der Waals surface area contributed by atoms with Crippen molar-refractivity contribution < 1.29 is 9.53 Å². The molecule has 0 saturated heterocycles. The molecule has 72 valence electrons. The molecule has 1 atom stereocenters. The SMILES string of the molecule is CCOC(=O)C[C@@H](N)c1ccns1. The van der Waals surface area contributed by atoms with E-state index in [0.29, 0.717) is 6.61 Å². The highest BCUT2D eigenvalue weighted by Gasteiger charge is 2.13. The Morgan fingerprint density at radius 2 is 2.62 bits per heavy atom. The standard InChI is InChI=1S/C8H12N2O2S/c1-2-12-8(11)5-6(9)7-3-4-10-13-7/h3-4,6H,2,5,9H2,1H3/t6-/m1/s1. The summed E-state index contributed by atoms with van der Waals surface area (Å²) in [6.45, 7) is 2.17. The van der Waals surface area contributed by atoms with E-state index in [1.54, 1.807) is 13.1 Å². The lowest BCUT2D eigenvalue weighted by molar-refractivity contribution is -0.143. The van der Waals surface area contributed by atoms with Crippen molar-refractivity contribution in [3.8, 4) is 0 Å². The van der Waals surface area contributed by atoms with Crippen molar-refractivity contribution in [2.24, 2.45) is 5.73 Å². The highest BCUT2D eigenvalue weighted by molar-refractivity contribution is 7.05. The predicted molar refractivity (Wildman–Crippen MR) is 50.3 cm³/mol. The number of carbonyl (C=O) groups is 1. The van der Waals surface area contributed by atoms with Crippen LogP contribution in [0.2, 0.25) is 0 Å². The van der Waals surface area contributed by atoms with Gasteiger partial charge in [0.15, 0.2) is 0 Å². The van der Waals surface area contributed by atoms with Crippen LogP contribution in [-0.2, 0) is 9.53 Å². The maximum atomic E-state index is 11.0. The van der Waals surface area contributed by atoms with Crippen LogP contribution in [0.25, 0.3) is 0 Å². The fourth-order valence-electron chi connectivity index (χ4n) is 0.917. The first-order chi connectivity index (χ1) is 6.24. The Hall–Kier alpha value is -0.940. The van der Waals surface area contributed by atoms with Gasteiger partial charge in [-0.25, -0.2) is 4.37 Å². The zero-order valence-corrected chi connectivity index (χ0v) is 8.21. The second-order valence-electron chi connectivity index (χ2n) is 2.53. The van der Waals surface area contributed by atoms with E-state index < -0.39 is 0 Å². The number of esters is 1. The summed E-state index contributed by atoms with van der Waals surface area (Å²) in [7, 11) is 0. The molecule has 1 rings (SSSR count). The van der Waals surface area contributed by atoms with Gasteiger partial charge >= 0.3 is 5.97 Å². The molecule has 4 nitrogen and oxygen atoms in total. The number of ether oxygens (including phenoxy) is 1. The average molecular weight is 200 g/mol. The molecule has 1 heterocycles. The summed E-state index contributed by atoms with van der Waals surface area (Å²) in [6.07, 6.45) is 1.89. The van der Waals surface area contributed by atoms with Crippen molar-refractivity contribution in [1.82, 2.24) is 4.37 Å². The van der Waals surface area contributed by atoms with E-state index in [0.717, 1.165) is 4.88 Å². The molecular formula is C8H12N2O2S. The molecule has 5 heteroatoms. The summed E-state index contributed by atoms with van der Waals surface area (Å²) >= 11 is 1.31. The van der Waals surface area contributed by atoms with E-state index in [1.165, 1.54) is 11.5 Å². The maximum Gasteiger partial charge on any atom is 0.307 e. The van der Waals surface area contributed by atoms with Crippen molar-refractivity contribution in [3.05, 3.63) is 17.1 Å². The Bertz CT molecular complexity index is 261. The fraction of sp³-hybridized carbons (Fsp3) is 0.500. The van der Waals surface area contributed by atoms with E-state index in [4.69, 9.17) is 10.5 Å². The average Bonchev–Trinajstić information content (AvgIpc) is 2.55. The van der Waals surface area contributed by atoms with Crippen LogP contribution in [0.15, 0.2) is 12.3 Å². The largest absolute Gasteiger partial charge is 0.466 e. The molecule has 0 bridgehead atoms. The normalized spacial score (nSPS) is 12.5. The molecule has 0 aliphatic rings. The first kappa shape index (κ1) is 10.1. The molecule has 1 aromatic rings.